The van der Waals surface area contributed by atoms with Crippen molar-refractivity contribution in [3.8, 4) is 0 Å². The van der Waals surface area contributed by atoms with E-state index in [1.165, 1.54) is 0 Å². The summed E-state index contributed by atoms with van der Waals surface area (Å²) in [6.45, 7) is 0. The van der Waals surface area contributed by atoms with Gasteiger partial charge in [-0.1, -0.05) is 0 Å². The van der Waals surface area contributed by atoms with Gasteiger partial charge in [-0.15, -0.1) is 0 Å². The van der Waals surface area contributed by atoms with Crippen molar-refractivity contribution in [1.82, 2.24) is 0 Å². The van der Waals surface area contributed by atoms with Gasteiger partial charge in [0.1, 0.15) is 0 Å². The molecule has 6 nitrogen and oxygen atoms in total. The van der Waals surface area contributed by atoms with E-state index in [1.807, 2.05) is 0 Å². The first-order chi connectivity index (χ1) is 6.34. The number of aliphatic hydroxyl groups is 2. The molecule has 0 aliphatic heterocycles. The maximum Gasteiger partial charge on any atom is 0.339 e. The zero-order valence-corrected chi connectivity index (χ0v) is 7.43. The van der Waals surface area contributed by atoms with Crippen molar-refractivity contribution in [2.24, 2.45) is 0 Å². The zero-order valence-electron chi connectivity index (χ0n) is 7.43. The average Bonchev–Trinajstić information content (AvgIpc) is 2.09. The Morgan fingerprint density at radius 2 is 1.14 bits per heavy atom. The maximum atomic E-state index is 10.7. The van der Waals surface area contributed by atoms with Crippen LogP contribution in [-0.4, -0.2) is 43.6 Å². The standard InChI is InChI=1S/C8H12O6/c9-5(10)7(13)3-1-2-4-8(7,14)6(11)12/h13-14H,1-4H2,(H,9,10)(H,11,12). The number of carbonyl (C=O) groups is 2. The zero-order chi connectivity index (χ0) is 11.0. The fraction of sp³-hybridized carbons (Fsp3) is 0.750. The van der Waals surface area contributed by atoms with Crippen molar-refractivity contribution < 1.29 is 30.0 Å². The van der Waals surface area contributed by atoms with Crippen LogP contribution < -0.4 is 0 Å². The van der Waals surface area contributed by atoms with E-state index in [0.29, 0.717) is 12.8 Å². The quantitative estimate of drug-likeness (QED) is 0.467. The molecule has 1 fully saturated rings. The maximum absolute atomic E-state index is 10.7. The molecule has 0 aromatic carbocycles. The predicted molar refractivity (Wildman–Crippen MR) is 43.6 cm³/mol. The Bertz CT molecular complexity index is 247. The molecule has 0 heterocycles. The molecule has 0 amide bonds. The molecule has 2 unspecified atom stereocenters. The summed E-state index contributed by atoms with van der Waals surface area (Å²) < 4.78 is 0. The first-order valence-electron chi connectivity index (χ1n) is 4.26. The summed E-state index contributed by atoms with van der Waals surface area (Å²) in [5.41, 5.74) is -5.14. The Hall–Kier alpha value is -1.14. The molecular weight excluding hydrogens is 192 g/mol. The smallest absolute Gasteiger partial charge is 0.339 e. The summed E-state index contributed by atoms with van der Waals surface area (Å²) in [6.07, 6.45) is 0.285. The van der Waals surface area contributed by atoms with Gasteiger partial charge in [-0.25, -0.2) is 9.59 Å². The third-order valence-corrected chi connectivity index (χ3v) is 2.72. The van der Waals surface area contributed by atoms with Gasteiger partial charge in [0, 0.05) is 0 Å². The van der Waals surface area contributed by atoms with E-state index in [9.17, 15) is 19.8 Å². The van der Waals surface area contributed by atoms with Crippen LogP contribution in [0, 0.1) is 0 Å². The highest BCUT2D eigenvalue weighted by atomic mass is 16.5. The summed E-state index contributed by atoms with van der Waals surface area (Å²) in [5, 5.41) is 36.6. The third-order valence-electron chi connectivity index (χ3n) is 2.72. The molecule has 4 N–H and O–H groups in total. The van der Waals surface area contributed by atoms with Crippen molar-refractivity contribution in [3.05, 3.63) is 0 Å². The van der Waals surface area contributed by atoms with Gasteiger partial charge in [-0.2, -0.15) is 0 Å². The minimum absolute atomic E-state index is 0.245. The number of carboxylic acids is 2. The minimum Gasteiger partial charge on any atom is -0.479 e. The predicted octanol–water partition coefficient (Wildman–Crippen LogP) is -0.808. The summed E-state index contributed by atoms with van der Waals surface area (Å²) >= 11 is 0. The van der Waals surface area contributed by atoms with E-state index in [2.05, 4.69) is 0 Å². The fourth-order valence-electron chi connectivity index (χ4n) is 1.74. The topological polar surface area (TPSA) is 115 Å². The SMILES string of the molecule is O=C(O)C1(O)CCCCC1(O)C(=O)O. The molecule has 0 aromatic rings. The van der Waals surface area contributed by atoms with Crippen molar-refractivity contribution >= 4 is 11.9 Å². The van der Waals surface area contributed by atoms with E-state index in [1.54, 1.807) is 0 Å². The van der Waals surface area contributed by atoms with Gasteiger partial charge in [0.25, 0.3) is 0 Å². The fourth-order valence-corrected chi connectivity index (χ4v) is 1.74. The van der Waals surface area contributed by atoms with Crippen LogP contribution >= 0.6 is 0 Å². The number of hydrogen-bond acceptors (Lipinski definition) is 4. The Labute approximate surface area is 79.8 Å². The lowest BCUT2D eigenvalue weighted by molar-refractivity contribution is -0.215. The molecule has 0 spiro atoms. The molecule has 1 rings (SSSR count). The molecule has 80 valence electrons. The van der Waals surface area contributed by atoms with Crippen molar-refractivity contribution in [2.45, 2.75) is 36.9 Å². The van der Waals surface area contributed by atoms with Gasteiger partial charge >= 0.3 is 11.9 Å². The molecule has 1 aliphatic rings. The van der Waals surface area contributed by atoms with Gasteiger partial charge in [0.2, 0.25) is 11.2 Å². The Morgan fingerprint density at radius 1 is 0.857 bits per heavy atom. The number of hydrogen-bond donors (Lipinski definition) is 4. The van der Waals surface area contributed by atoms with Crippen molar-refractivity contribution in [1.29, 1.82) is 0 Å². The molecule has 0 saturated heterocycles. The first kappa shape index (κ1) is 10.9. The summed E-state index contributed by atoms with van der Waals surface area (Å²) in [7, 11) is 0. The average molecular weight is 204 g/mol. The van der Waals surface area contributed by atoms with E-state index >= 15 is 0 Å². The normalized spacial score (nSPS) is 37.9. The first-order valence-corrected chi connectivity index (χ1v) is 4.26. The van der Waals surface area contributed by atoms with Gasteiger partial charge in [-0.05, 0) is 25.7 Å². The van der Waals surface area contributed by atoms with Gasteiger partial charge in [0.15, 0.2) is 0 Å². The van der Waals surface area contributed by atoms with E-state index in [4.69, 9.17) is 10.2 Å². The Morgan fingerprint density at radius 3 is 1.36 bits per heavy atom. The highest BCUT2D eigenvalue weighted by Crippen LogP contribution is 2.37. The lowest BCUT2D eigenvalue weighted by atomic mass is 9.71. The molecular formula is C8H12O6. The number of carboxylic acid groups (broad SMARTS) is 2. The van der Waals surface area contributed by atoms with Crippen LogP contribution in [0.3, 0.4) is 0 Å². The van der Waals surface area contributed by atoms with Crippen LogP contribution in [0.25, 0.3) is 0 Å². The van der Waals surface area contributed by atoms with E-state index < -0.39 is 23.1 Å². The highest BCUT2D eigenvalue weighted by Gasteiger charge is 2.61. The van der Waals surface area contributed by atoms with Crippen LogP contribution in [0.4, 0.5) is 0 Å². The van der Waals surface area contributed by atoms with Crippen molar-refractivity contribution in [2.75, 3.05) is 0 Å². The molecule has 0 radical (unpaired) electrons. The van der Waals surface area contributed by atoms with E-state index in [0.717, 1.165) is 0 Å². The largest absolute Gasteiger partial charge is 0.479 e. The number of aliphatic carboxylic acids is 2. The summed E-state index contributed by atoms with van der Waals surface area (Å²) in [5.74, 6) is -3.38. The van der Waals surface area contributed by atoms with Crippen LogP contribution in [0.5, 0.6) is 0 Å². The number of rotatable bonds is 2. The summed E-state index contributed by atoms with van der Waals surface area (Å²) in [6, 6.07) is 0. The molecule has 6 heteroatoms. The third kappa shape index (κ3) is 1.27. The molecule has 1 aliphatic carbocycles. The van der Waals surface area contributed by atoms with Gasteiger partial charge in [-0.3, -0.25) is 0 Å². The van der Waals surface area contributed by atoms with Gasteiger partial charge in [0.05, 0.1) is 0 Å². The van der Waals surface area contributed by atoms with Crippen LogP contribution in [-0.2, 0) is 9.59 Å². The minimum atomic E-state index is -2.57. The molecule has 14 heavy (non-hydrogen) atoms. The van der Waals surface area contributed by atoms with Crippen molar-refractivity contribution in [3.63, 3.8) is 0 Å². The Balaban J connectivity index is 3.12. The Kier molecular flexibility index (Phi) is 2.51. The highest BCUT2D eigenvalue weighted by molar-refractivity contribution is 5.90. The molecule has 2 atom stereocenters. The lowest BCUT2D eigenvalue weighted by Gasteiger charge is -2.40. The van der Waals surface area contributed by atoms with Crippen LogP contribution in [0.1, 0.15) is 25.7 Å². The van der Waals surface area contributed by atoms with Crippen LogP contribution in [0.2, 0.25) is 0 Å². The molecule has 0 bridgehead atoms. The van der Waals surface area contributed by atoms with Gasteiger partial charge < -0.3 is 20.4 Å². The molecule has 1 saturated carbocycles. The van der Waals surface area contributed by atoms with Crippen LogP contribution in [0.15, 0.2) is 0 Å². The molecule has 0 aromatic heterocycles. The second-order valence-electron chi connectivity index (χ2n) is 3.54. The lowest BCUT2D eigenvalue weighted by Crippen LogP contribution is -2.65. The summed E-state index contributed by atoms with van der Waals surface area (Å²) in [4.78, 5) is 21.4. The second-order valence-corrected chi connectivity index (χ2v) is 3.54. The second kappa shape index (κ2) is 3.21. The monoisotopic (exact) mass is 204 g/mol. The van der Waals surface area contributed by atoms with E-state index in [-0.39, 0.29) is 12.8 Å².